The van der Waals surface area contributed by atoms with Crippen molar-refractivity contribution in [3.05, 3.63) is 59.2 Å². The van der Waals surface area contributed by atoms with Gasteiger partial charge in [0.05, 0.1) is 18.1 Å². The van der Waals surface area contributed by atoms with Gasteiger partial charge in [0.2, 0.25) is 0 Å². The van der Waals surface area contributed by atoms with Crippen LogP contribution in [0, 0.1) is 11.3 Å². The van der Waals surface area contributed by atoms with Crippen molar-refractivity contribution in [3.63, 3.8) is 0 Å². The minimum Gasteiger partial charge on any atom is -0.481 e. The van der Waals surface area contributed by atoms with Crippen LogP contribution in [0.2, 0.25) is 0 Å². The van der Waals surface area contributed by atoms with E-state index in [9.17, 15) is 18.0 Å². The van der Waals surface area contributed by atoms with Crippen LogP contribution in [0.1, 0.15) is 48.5 Å². The predicted octanol–water partition coefficient (Wildman–Crippen LogP) is 5.52. The molecule has 0 amide bonds. The van der Waals surface area contributed by atoms with Gasteiger partial charge in [-0.15, -0.1) is 0 Å². The number of carboxylic acids is 1. The molecule has 0 saturated heterocycles. The Morgan fingerprint density at radius 2 is 1.90 bits per heavy atom. The molecular formula is C21H21F3N2O3. The van der Waals surface area contributed by atoms with Gasteiger partial charge < -0.3 is 15.2 Å². The van der Waals surface area contributed by atoms with Crippen molar-refractivity contribution in [2.24, 2.45) is 0 Å². The van der Waals surface area contributed by atoms with E-state index in [0.717, 1.165) is 7.11 Å². The van der Waals surface area contributed by atoms with Crippen LogP contribution in [0.3, 0.4) is 0 Å². The van der Waals surface area contributed by atoms with E-state index in [1.807, 2.05) is 13.0 Å². The third-order valence-electron chi connectivity index (χ3n) is 4.57. The maximum absolute atomic E-state index is 13.5. The Bertz CT molecular complexity index is 890. The minimum absolute atomic E-state index is 0.113. The molecule has 2 N–H and O–H groups in total. The average Bonchev–Trinajstić information content (AvgIpc) is 2.67. The summed E-state index contributed by atoms with van der Waals surface area (Å²) in [6.45, 7) is 1.82. The van der Waals surface area contributed by atoms with E-state index >= 15 is 0 Å². The molecule has 0 fully saturated rings. The van der Waals surface area contributed by atoms with Crippen LogP contribution in [-0.4, -0.2) is 24.4 Å². The van der Waals surface area contributed by atoms with Gasteiger partial charge in [0.25, 0.3) is 0 Å². The lowest BCUT2D eigenvalue weighted by Crippen LogP contribution is -2.23. The molecular weight excluding hydrogens is 385 g/mol. The van der Waals surface area contributed by atoms with Gasteiger partial charge in [-0.25, -0.2) is 0 Å². The molecule has 0 radical (unpaired) electrons. The van der Waals surface area contributed by atoms with Gasteiger partial charge in [-0.05, 0) is 48.2 Å². The molecule has 0 aliphatic carbocycles. The lowest BCUT2D eigenvalue weighted by Gasteiger charge is -2.24. The normalized spacial score (nSPS) is 13.4. The number of carboxylic acid groups (broad SMARTS) is 1. The largest absolute Gasteiger partial charge is 0.481 e. The predicted molar refractivity (Wildman–Crippen MR) is 102 cm³/mol. The second kappa shape index (κ2) is 9.43. The van der Waals surface area contributed by atoms with Crippen molar-refractivity contribution < 1.29 is 27.8 Å². The van der Waals surface area contributed by atoms with Gasteiger partial charge in [-0.3, -0.25) is 4.79 Å². The molecule has 2 atom stereocenters. The Morgan fingerprint density at radius 1 is 1.24 bits per heavy atom. The number of methoxy groups -OCH3 is 1. The number of anilines is 2. The molecule has 0 saturated carbocycles. The van der Waals surface area contributed by atoms with E-state index in [4.69, 9.17) is 15.1 Å². The van der Waals surface area contributed by atoms with E-state index < -0.39 is 18.2 Å². The molecule has 154 valence electrons. The molecule has 5 nitrogen and oxygen atoms in total. The summed E-state index contributed by atoms with van der Waals surface area (Å²) in [5.74, 6) is -1.32. The van der Waals surface area contributed by atoms with Crippen LogP contribution in [0.4, 0.5) is 24.5 Å². The van der Waals surface area contributed by atoms with Crippen LogP contribution >= 0.6 is 0 Å². The number of ether oxygens (including phenoxy) is 1. The third-order valence-corrected chi connectivity index (χ3v) is 4.57. The summed E-state index contributed by atoms with van der Waals surface area (Å²) in [7, 11) is 0.983. The molecule has 8 heteroatoms. The first-order valence-corrected chi connectivity index (χ1v) is 8.91. The molecule has 0 bridgehead atoms. The molecule has 29 heavy (non-hydrogen) atoms. The number of hydrogen-bond acceptors (Lipinski definition) is 4. The summed E-state index contributed by atoms with van der Waals surface area (Å²) < 4.78 is 45.1. The number of benzene rings is 2. The summed E-state index contributed by atoms with van der Waals surface area (Å²) >= 11 is 0. The number of alkyl halides is 3. The van der Waals surface area contributed by atoms with Crippen LogP contribution < -0.4 is 5.32 Å². The van der Waals surface area contributed by atoms with Crippen LogP contribution in [0.25, 0.3) is 0 Å². The third kappa shape index (κ3) is 5.72. The van der Waals surface area contributed by atoms with Crippen molar-refractivity contribution in [3.8, 4) is 6.07 Å². The SMILES string of the molecule is CCC(CC(=O)O)c1ccc([C@@H](OC)C(F)(F)F)c(Nc2ccc(C#N)cc2)c1. The molecule has 0 aliphatic heterocycles. The zero-order valence-corrected chi connectivity index (χ0v) is 16.0. The lowest BCUT2D eigenvalue weighted by molar-refractivity contribution is -0.215. The number of carbonyl (C=O) groups is 1. The molecule has 0 spiro atoms. The zero-order chi connectivity index (χ0) is 21.6. The monoisotopic (exact) mass is 406 g/mol. The Hall–Kier alpha value is -3.05. The van der Waals surface area contributed by atoms with Gasteiger partial charge in [-0.2, -0.15) is 18.4 Å². The highest BCUT2D eigenvalue weighted by Crippen LogP contribution is 2.41. The molecule has 0 heterocycles. The smallest absolute Gasteiger partial charge is 0.418 e. The Kier molecular flexibility index (Phi) is 7.23. The topological polar surface area (TPSA) is 82.3 Å². The van der Waals surface area contributed by atoms with E-state index in [1.54, 1.807) is 24.3 Å². The summed E-state index contributed by atoms with van der Waals surface area (Å²) in [5, 5.41) is 20.9. The second-order valence-electron chi connectivity index (χ2n) is 6.52. The van der Waals surface area contributed by atoms with Crippen LogP contribution in [0.15, 0.2) is 42.5 Å². The zero-order valence-electron chi connectivity index (χ0n) is 16.0. The van der Waals surface area contributed by atoms with Crippen molar-refractivity contribution in [2.45, 2.75) is 38.0 Å². The number of halogens is 3. The number of hydrogen-bond donors (Lipinski definition) is 2. The molecule has 2 aromatic carbocycles. The van der Waals surface area contributed by atoms with Gasteiger partial charge in [-0.1, -0.05) is 19.1 Å². The summed E-state index contributed by atoms with van der Waals surface area (Å²) in [6, 6.07) is 12.6. The first-order chi connectivity index (χ1) is 13.7. The van der Waals surface area contributed by atoms with Gasteiger partial charge in [0.15, 0.2) is 6.10 Å². The van der Waals surface area contributed by atoms with Gasteiger partial charge in [0.1, 0.15) is 0 Å². The Labute approximate surface area is 166 Å². The Balaban J connectivity index is 2.52. The lowest BCUT2D eigenvalue weighted by atomic mass is 9.91. The van der Waals surface area contributed by atoms with Crippen molar-refractivity contribution in [1.82, 2.24) is 0 Å². The van der Waals surface area contributed by atoms with Crippen LogP contribution in [-0.2, 0) is 9.53 Å². The van der Waals surface area contributed by atoms with Crippen molar-refractivity contribution >= 4 is 17.3 Å². The summed E-state index contributed by atoms with van der Waals surface area (Å²) in [6.07, 6.45) is -6.37. The first kappa shape index (κ1) is 22.2. The average molecular weight is 406 g/mol. The maximum Gasteiger partial charge on any atom is 0.418 e. The van der Waals surface area contributed by atoms with Crippen LogP contribution in [0.5, 0.6) is 0 Å². The number of rotatable bonds is 8. The van der Waals surface area contributed by atoms with E-state index in [-0.39, 0.29) is 23.6 Å². The van der Waals surface area contributed by atoms with E-state index in [0.29, 0.717) is 23.2 Å². The summed E-state index contributed by atoms with van der Waals surface area (Å²) in [4.78, 5) is 11.1. The quantitative estimate of drug-likeness (QED) is 0.603. The number of nitrogens with one attached hydrogen (secondary N) is 1. The number of aliphatic carboxylic acids is 1. The molecule has 1 unspecified atom stereocenters. The standard InChI is InChI=1S/C21H21F3N2O3/c1-3-14(11-19(27)28)15-6-9-17(20(29-2)21(22,23)24)18(10-15)26-16-7-4-13(12-25)5-8-16/h4-10,14,20,26H,3,11H2,1-2H3,(H,27,28)/t14?,20-/m1/s1. The number of nitriles is 1. The highest BCUT2D eigenvalue weighted by atomic mass is 19.4. The first-order valence-electron chi connectivity index (χ1n) is 8.91. The highest BCUT2D eigenvalue weighted by molar-refractivity contribution is 5.69. The van der Waals surface area contributed by atoms with Gasteiger partial charge >= 0.3 is 12.1 Å². The fourth-order valence-corrected chi connectivity index (χ4v) is 3.09. The highest BCUT2D eigenvalue weighted by Gasteiger charge is 2.42. The maximum atomic E-state index is 13.5. The van der Waals surface area contributed by atoms with E-state index in [2.05, 4.69) is 5.32 Å². The minimum atomic E-state index is -4.62. The fourth-order valence-electron chi connectivity index (χ4n) is 3.09. The van der Waals surface area contributed by atoms with Crippen molar-refractivity contribution in [1.29, 1.82) is 5.26 Å². The fraction of sp³-hybridized carbons (Fsp3) is 0.333. The molecule has 0 aliphatic rings. The van der Waals surface area contributed by atoms with E-state index in [1.165, 1.54) is 18.2 Å². The molecule has 2 aromatic rings. The Morgan fingerprint density at radius 3 is 2.38 bits per heavy atom. The summed E-state index contributed by atoms with van der Waals surface area (Å²) in [5.41, 5.74) is 1.58. The molecule has 0 aromatic heterocycles. The van der Waals surface area contributed by atoms with Gasteiger partial charge in [0, 0.05) is 24.0 Å². The number of nitrogens with zero attached hydrogens (tertiary/aromatic N) is 1. The molecule has 2 rings (SSSR count). The van der Waals surface area contributed by atoms with Crippen molar-refractivity contribution in [2.75, 3.05) is 12.4 Å². The second-order valence-corrected chi connectivity index (χ2v) is 6.52.